The average Bonchev–Trinajstić information content (AvgIpc) is 2.89. The van der Waals surface area contributed by atoms with Crippen LogP contribution in [0.4, 0.5) is 0 Å². The van der Waals surface area contributed by atoms with E-state index in [-0.39, 0.29) is 17.6 Å². The average molecular weight is 339 g/mol. The number of hydrogen-bond acceptors (Lipinski definition) is 4. The Morgan fingerprint density at radius 3 is 2.80 bits per heavy atom. The third kappa shape index (κ3) is 3.64. The van der Waals surface area contributed by atoms with Gasteiger partial charge in [0.25, 0.3) is 5.91 Å². The van der Waals surface area contributed by atoms with Crippen LogP contribution in [0.15, 0.2) is 34.9 Å². The van der Waals surface area contributed by atoms with Crippen molar-refractivity contribution in [2.45, 2.75) is 13.0 Å². The highest BCUT2D eigenvalue weighted by Crippen LogP contribution is 2.13. The van der Waals surface area contributed by atoms with Crippen molar-refractivity contribution in [3.63, 3.8) is 0 Å². The summed E-state index contributed by atoms with van der Waals surface area (Å²) in [4.78, 5) is 11.9. The molecule has 0 aliphatic heterocycles. The van der Waals surface area contributed by atoms with E-state index in [1.165, 1.54) is 0 Å². The summed E-state index contributed by atoms with van der Waals surface area (Å²) in [6.45, 7) is 2.31. The van der Waals surface area contributed by atoms with Gasteiger partial charge in [0, 0.05) is 17.6 Å². The van der Waals surface area contributed by atoms with Crippen LogP contribution in [-0.2, 0) is 4.74 Å². The van der Waals surface area contributed by atoms with E-state index >= 15 is 0 Å². The third-order valence-electron chi connectivity index (χ3n) is 2.61. The van der Waals surface area contributed by atoms with E-state index in [9.17, 15) is 4.79 Å². The van der Waals surface area contributed by atoms with E-state index in [1.54, 1.807) is 18.0 Å². The summed E-state index contributed by atoms with van der Waals surface area (Å²) in [5.74, 6) is -0.266. The van der Waals surface area contributed by atoms with Crippen LogP contribution >= 0.6 is 15.9 Å². The summed E-state index contributed by atoms with van der Waals surface area (Å²) < 4.78 is 7.50. The molecule has 1 heterocycles. The number of halogens is 1. The Labute approximate surface area is 125 Å². The van der Waals surface area contributed by atoms with Crippen molar-refractivity contribution in [3.8, 4) is 5.69 Å². The molecule has 0 aliphatic carbocycles. The minimum atomic E-state index is -0.266. The molecule has 0 saturated carbocycles. The zero-order valence-corrected chi connectivity index (χ0v) is 12.8. The second-order valence-electron chi connectivity index (χ2n) is 4.35. The molecule has 1 N–H and O–H groups in total. The first kappa shape index (κ1) is 14.7. The lowest BCUT2D eigenvalue weighted by Gasteiger charge is -2.10. The molecule has 1 atom stereocenters. The molecule has 0 fully saturated rings. The molecule has 1 amide bonds. The Kier molecular flexibility index (Phi) is 4.86. The van der Waals surface area contributed by atoms with Gasteiger partial charge in [-0.15, -0.1) is 5.10 Å². The Balaban J connectivity index is 2.08. The van der Waals surface area contributed by atoms with E-state index in [0.717, 1.165) is 10.2 Å². The van der Waals surface area contributed by atoms with Crippen LogP contribution in [0.25, 0.3) is 5.69 Å². The molecule has 2 aromatic rings. The molecule has 0 saturated heterocycles. The van der Waals surface area contributed by atoms with Crippen molar-refractivity contribution in [3.05, 3.63) is 40.6 Å². The lowest BCUT2D eigenvalue weighted by Crippen LogP contribution is -2.35. The molecule has 0 aliphatic rings. The number of ether oxygens (including phenoxy) is 1. The van der Waals surface area contributed by atoms with Crippen molar-refractivity contribution < 1.29 is 9.53 Å². The van der Waals surface area contributed by atoms with Crippen LogP contribution in [0.2, 0.25) is 0 Å². The summed E-state index contributed by atoms with van der Waals surface area (Å²) in [6.07, 6.45) is 1.60. The van der Waals surface area contributed by atoms with Crippen LogP contribution in [-0.4, -0.2) is 40.7 Å². The Bertz CT molecular complexity index is 582. The monoisotopic (exact) mass is 338 g/mol. The summed E-state index contributed by atoms with van der Waals surface area (Å²) >= 11 is 3.37. The van der Waals surface area contributed by atoms with Crippen LogP contribution in [0, 0.1) is 0 Å². The number of nitrogens with zero attached hydrogens (tertiary/aromatic N) is 3. The first-order valence-corrected chi connectivity index (χ1v) is 6.87. The molecule has 20 heavy (non-hydrogen) atoms. The van der Waals surface area contributed by atoms with Crippen LogP contribution in [0.5, 0.6) is 0 Å². The fourth-order valence-corrected chi connectivity index (χ4v) is 1.94. The summed E-state index contributed by atoms with van der Waals surface area (Å²) in [7, 11) is 1.59. The fourth-order valence-electron chi connectivity index (χ4n) is 1.68. The standard InChI is InChI=1S/C13H15BrN4O2/c1-9(8-20-2)15-13(19)12-7-18(17-16-12)11-5-3-10(14)4-6-11/h3-7,9H,8H2,1-2H3,(H,15,19). The predicted octanol–water partition coefficient (Wildman–Crippen LogP) is 1.79. The first-order valence-electron chi connectivity index (χ1n) is 6.08. The molecule has 0 bridgehead atoms. The molecule has 0 radical (unpaired) electrons. The predicted molar refractivity (Wildman–Crippen MR) is 77.9 cm³/mol. The molecular formula is C13H15BrN4O2. The number of benzene rings is 1. The normalized spacial score (nSPS) is 12.2. The smallest absolute Gasteiger partial charge is 0.273 e. The molecule has 7 heteroatoms. The highest BCUT2D eigenvalue weighted by molar-refractivity contribution is 9.10. The topological polar surface area (TPSA) is 69.0 Å². The van der Waals surface area contributed by atoms with Gasteiger partial charge in [-0.3, -0.25) is 4.79 Å². The molecular weight excluding hydrogens is 324 g/mol. The molecule has 1 aromatic carbocycles. The van der Waals surface area contributed by atoms with Crippen molar-refractivity contribution in [1.29, 1.82) is 0 Å². The van der Waals surface area contributed by atoms with E-state index in [2.05, 4.69) is 31.6 Å². The van der Waals surface area contributed by atoms with Gasteiger partial charge in [0.2, 0.25) is 0 Å². The quantitative estimate of drug-likeness (QED) is 0.902. The Morgan fingerprint density at radius 1 is 1.45 bits per heavy atom. The lowest BCUT2D eigenvalue weighted by atomic mass is 10.3. The molecule has 1 aromatic heterocycles. The van der Waals surface area contributed by atoms with Crippen LogP contribution in [0.3, 0.4) is 0 Å². The van der Waals surface area contributed by atoms with Gasteiger partial charge >= 0.3 is 0 Å². The number of methoxy groups -OCH3 is 1. The van der Waals surface area contributed by atoms with Crippen molar-refractivity contribution in [1.82, 2.24) is 20.3 Å². The highest BCUT2D eigenvalue weighted by Gasteiger charge is 2.13. The number of hydrogen-bond donors (Lipinski definition) is 1. The van der Waals surface area contributed by atoms with Gasteiger partial charge in [-0.05, 0) is 31.2 Å². The molecule has 2 rings (SSSR count). The van der Waals surface area contributed by atoms with Crippen molar-refractivity contribution >= 4 is 21.8 Å². The van der Waals surface area contributed by atoms with E-state index < -0.39 is 0 Å². The number of carbonyl (C=O) groups is 1. The Morgan fingerprint density at radius 2 is 2.15 bits per heavy atom. The number of carbonyl (C=O) groups excluding carboxylic acids is 1. The van der Waals surface area contributed by atoms with Crippen molar-refractivity contribution in [2.75, 3.05) is 13.7 Å². The molecule has 1 unspecified atom stereocenters. The van der Waals surface area contributed by atoms with Gasteiger partial charge < -0.3 is 10.1 Å². The van der Waals surface area contributed by atoms with Gasteiger partial charge in [0.15, 0.2) is 5.69 Å². The maximum absolute atomic E-state index is 11.9. The maximum atomic E-state index is 11.9. The van der Waals surface area contributed by atoms with Crippen LogP contribution < -0.4 is 5.32 Å². The third-order valence-corrected chi connectivity index (χ3v) is 3.14. The SMILES string of the molecule is COCC(C)NC(=O)c1cn(-c2ccc(Br)cc2)nn1. The second-order valence-corrected chi connectivity index (χ2v) is 5.27. The maximum Gasteiger partial charge on any atom is 0.273 e. The molecule has 6 nitrogen and oxygen atoms in total. The zero-order valence-electron chi connectivity index (χ0n) is 11.2. The summed E-state index contributed by atoms with van der Waals surface area (Å²) in [6, 6.07) is 7.49. The van der Waals surface area contributed by atoms with Gasteiger partial charge in [0.1, 0.15) is 0 Å². The molecule has 106 valence electrons. The van der Waals surface area contributed by atoms with Gasteiger partial charge in [0.05, 0.1) is 18.5 Å². The van der Waals surface area contributed by atoms with Gasteiger partial charge in [-0.1, -0.05) is 21.1 Å². The first-order chi connectivity index (χ1) is 9.60. The minimum Gasteiger partial charge on any atom is -0.383 e. The minimum absolute atomic E-state index is 0.0784. The highest BCUT2D eigenvalue weighted by atomic mass is 79.9. The number of aromatic nitrogens is 3. The van der Waals surface area contributed by atoms with E-state index in [0.29, 0.717) is 6.61 Å². The Hall–Kier alpha value is -1.73. The second kappa shape index (κ2) is 6.62. The van der Waals surface area contributed by atoms with Crippen molar-refractivity contribution in [2.24, 2.45) is 0 Å². The van der Waals surface area contributed by atoms with Crippen LogP contribution in [0.1, 0.15) is 17.4 Å². The van der Waals surface area contributed by atoms with E-state index in [1.807, 2.05) is 31.2 Å². The summed E-state index contributed by atoms with van der Waals surface area (Å²) in [5, 5.41) is 10.6. The number of amides is 1. The van der Waals surface area contributed by atoms with Gasteiger partial charge in [-0.2, -0.15) is 0 Å². The fraction of sp³-hybridized carbons (Fsp3) is 0.308. The summed E-state index contributed by atoms with van der Waals surface area (Å²) in [5.41, 5.74) is 1.11. The molecule has 0 spiro atoms. The van der Waals surface area contributed by atoms with E-state index in [4.69, 9.17) is 4.74 Å². The van der Waals surface area contributed by atoms with Gasteiger partial charge in [-0.25, -0.2) is 4.68 Å². The number of nitrogens with one attached hydrogen (secondary N) is 1. The number of rotatable bonds is 5. The largest absolute Gasteiger partial charge is 0.383 e. The zero-order chi connectivity index (χ0) is 14.5. The lowest BCUT2D eigenvalue weighted by molar-refractivity contribution is 0.0900.